The molecule has 1 unspecified atom stereocenters. The summed E-state index contributed by atoms with van der Waals surface area (Å²) in [6, 6.07) is 2.94. The molecule has 0 aliphatic carbocycles. The number of alkyl halides is 3. The van der Waals surface area contributed by atoms with Crippen LogP contribution in [0.5, 0.6) is 0 Å². The third kappa shape index (κ3) is 4.42. The standard InChI is InChI=1S/C21H24F3N5O2/c1-3-15-11-16(21(22,23)24)18-19(27-31-20(18)25-15)14-5-4-8-28(12-14)17(30)7-10-29-9-6-13(2)26-29/h6,9,11,14H,3-5,7-8,10,12H2,1-2H3. The van der Waals surface area contributed by atoms with Crippen LogP contribution in [0, 0.1) is 6.92 Å². The van der Waals surface area contributed by atoms with Gasteiger partial charge in [-0.25, -0.2) is 4.98 Å². The van der Waals surface area contributed by atoms with Crippen molar-refractivity contribution in [1.29, 1.82) is 0 Å². The molecular weight excluding hydrogens is 411 g/mol. The van der Waals surface area contributed by atoms with Crippen LogP contribution < -0.4 is 0 Å². The van der Waals surface area contributed by atoms with Crippen molar-refractivity contribution in [2.75, 3.05) is 13.1 Å². The number of hydrogen-bond donors (Lipinski definition) is 0. The molecule has 0 N–H and O–H groups in total. The first-order chi connectivity index (χ1) is 14.8. The molecule has 0 spiro atoms. The van der Waals surface area contributed by atoms with Crippen LogP contribution in [0.3, 0.4) is 0 Å². The summed E-state index contributed by atoms with van der Waals surface area (Å²) in [7, 11) is 0. The molecule has 1 saturated heterocycles. The molecule has 0 saturated carbocycles. The topological polar surface area (TPSA) is 77.0 Å². The minimum Gasteiger partial charge on any atom is -0.342 e. The Labute approximate surface area is 177 Å². The highest BCUT2D eigenvalue weighted by Crippen LogP contribution is 2.40. The lowest BCUT2D eigenvalue weighted by Gasteiger charge is -2.32. The van der Waals surface area contributed by atoms with Gasteiger partial charge in [-0.2, -0.15) is 18.3 Å². The highest BCUT2D eigenvalue weighted by molar-refractivity contribution is 5.82. The molecular formula is C21H24F3N5O2. The van der Waals surface area contributed by atoms with Gasteiger partial charge in [-0.3, -0.25) is 9.48 Å². The van der Waals surface area contributed by atoms with Crippen LogP contribution in [0.15, 0.2) is 22.9 Å². The zero-order valence-corrected chi connectivity index (χ0v) is 17.4. The van der Waals surface area contributed by atoms with Gasteiger partial charge in [-0.05, 0) is 38.3 Å². The molecule has 7 nitrogen and oxygen atoms in total. The first-order valence-corrected chi connectivity index (χ1v) is 10.4. The highest BCUT2D eigenvalue weighted by Gasteiger charge is 2.38. The zero-order valence-electron chi connectivity index (χ0n) is 17.4. The van der Waals surface area contributed by atoms with Crippen LogP contribution in [0.25, 0.3) is 11.1 Å². The second-order valence-electron chi connectivity index (χ2n) is 7.91. The molecule has 4 rings (SSSR count). The van der Waals surface area contributed by atoms with E-state index in [0.717, 1.165) is 11.8 Å². The molecule has 0 bridgehead atoms. The van der Waals surface area contributed by atoms with Crippen LogP contribution in [0.1, 0.15) is 54.7 Å². The number of aryl methyl sites for hydroxylation is 3. The van der Waals surface area contributed by atoms with Crippen molar-refractivity contribution in [3.8, 4) is 0 Å². The summed E-state index contributed by atoms with van der Waals surface area (Å²) in [4.78, 5) is 18.6. The third-order valence-electron chi connectivity index (χ3n) is 5.68. The quantitative estimate of drug-likeness (QED) is 0.603. The Morgan fingerprint density at radius 1 is 1.35 bits per heavy atom. The summed E-state index contributed by atoms with van der Waals surface area (Å²) in [5.74, 6) is -0.380. The molecule has 166 valence electrons. The summed E-state index contributed by atoms with van der Waals surface area (Å²) in [5, 5.41) is 8.16. The fourth-order valence-electron chi connectivity index (χ4n) is 4.09. The van der Waals surface area contributed by atoms with Gasteiger partial charge in [-0.1, -0.05) is 12.1 Å². The summed E-state index contributed by atoms with van der Waals surface area (Å²) in [5.41, 5.74) is 0.542. The van der Waals surface area contributed by atoms with Crippen LogP contribution in [0.4, 0.5) is 13.2 Å². The lowest BCUT2D eigenvalue weighted by Crippen LogP contribution is -2.39. The summed E-state index contributed by atoms with van der Waals surface area (Å²) >= 11 is 0. The number of fused-ring (bicyclic) bond motifs is 1. The number of piperidine rings is 1. The molecule has 1 aliphatic heterocycles. The Morgan fingerprint density at radius 2 is 2.16 bits per heavy atom. The molecule has 3 aromatic heterocycles. The molecule has 10 heteroatoms. The van der Waals surface area contributed by atoms with E-state index in [1.165, 1.54) is 0 Å². The molecule has 1 amide bonds. The minimum atomic E-state index is -4.54. The van der Waals surface area contributed by atoms with Gasteiger partial charge in [0.25, 0.3) is 5.71 Å². The van der Waals surface area contributed by atoms with Gasteiger partial charge < -0.3 is 9.42 Å². The first-order valence-electron chi connectivity index (χ1n) is 10.4. The van der Waals surface area contributed by atoms with Gasteiger partial charge in [-0.15, -0.1) is 0 Å². The maximum Gasteiger partial charge on any atom is 0.417 e. The van der Waals surface area contributed by atoms with Crippen molar-refractivity contribution in [1.82, 2.24) is 24.8 Å². The van der Waals surface area contributed by atoms with Crippen LogP contribution in [-0.2, 0) is 23.9 Å². The number of aromatic nitrogens is 4. The van der Waals surface area contributed by atoms with Crippen molar-refractivity contribution in [2.45, 2.75) is 58.2 Å². The number of rotatable bonds is 5. The van der Waals surface area contributed by atoms with Gasteiger partial charge in [0.2, 0.25) is 5.91 Å². The van der Waals surface area contributed by atoms with E-state index < -0.39 is 11.7 Å². The number of carbonyl (C=O) groups excluding carboxylic acids is 1. The van der Waals surface area contributed by atoms with Gasteiger partial charge in [0.05, 0.1) is 22.3 Å². The molecule has 1 aliphatic rings. The van der Waals surface area contributed by atoms with E-state index in [1.54, 1.807) is 16.5 Å². The number of hydrogen-bond acceptors (Lipinski definition) is 5. The lowest BCUT2D eigenvalue weighted by molar-refractivity contribution is -0.136. The number of nitrogens with zero attached hydrogens (tertiary/aromatic N) is 5. The molecule has 3 aromatic rings. The predicted octanol–water partition coefficient (Wildman–Crippen LogP) is 4.11. The Morgan fingerprint density at radius 3 is 2.84 bits per heavy atom. The normalized spacial score (nSPS) is 17.5. The number of pyridine rings is 1. The smallest absolute Gasteiger partial charge is 0.342 e. The van der Waals surface area contributed by atoms with E-state index in [2.05, 4.69) is 15.2 Å². The fourth-order valence-corrected chi connectivity index (χ4v) is 4.09. The maximum atomic E-state index is 13.8. The van der Waals surface area contributed by atoms with E-state index in [4.69, 9.17) is 4.52 Å². The third-order valence-corrected chi connectivity index (χ3v) is 5.68. The van der Waals surface area contributed by atoms with Crippen molar-refractivity contribution in [2.24, 2.45) is 0 Å². The molecule has 0 aromatic carbocycles. The lowest BCUT2D eigenvalue weighted by atomic mass is 9.91. The van der Waals surface area contributed by atoms with Crippen LogP contribution >= 0.6 is 0 Å². The Hall–Kier alpha value is -2.91. The van der Waals surface area contributed by atoms with Gasteiger partial charge in [0.15, 0.2) is 0 Å². The molecule has 1 fully saturated rings. The largest absolute Gasteiger partial charge is 0.417 e. The second-order valence-corrected chi connectivity index (χ2v) is 7.91. The number of halogens is 3. The Balaban J connectivity index is 1.56. The number of amides is 1. The zero-order chi connectivity index (χ0) is 22.2. The van der Waals surface area contributed by atoms with Crippen molar-refractivity contribution in [3.05, 3.63) is 41.0 Å². The molecule has 1 atom stereocenters. The average Bonchev–Trinajstić information content (AvgIpc) is 3.36. The molecule has 31 heavy (non-hydrogen) atoms. The summed E-state index contributed by atoms with van der Waals surface area (Å²) in [6.45, 7) is 4.96. The average molecular weight is 435 g/mol. The van der Waals surface area contributed by atoms with E-state index >= 15 is 0 Å². The first kappa shape index (κ1) is 21.3. The van der Waals surface area contributed by atoms with Crippen molar-refractivity contribution >= 4 is 17.0 Å². The van der Waals surface area contributed by atoms with Gasteiger partial charge >= 0.3 is 6.18 Å². The van der Waals surface area contributed by atoms with E-state index in [0.29, 0.717) is 44.6 Å². The van der Waals surface area contributed by atoms with Crippen LogP contribution in [-0.4, -0.2) is 43.8 Å². The fraction of sp³-hybridized carbons (Fsp3) is 0.524. The van der Waals surface area contributed by atoms with Crippen molar-refractivity contribution in [3.63, 3.8) is 0 Å². The highest BCUT2D eigenvalue weighted by atomic mass is 19.4. The van der Waals surface area contributed by atoms with E-state index in [9.17, 15) is 18.0 Å². The monoisotopic (exact) mass is 435 g/mol. The second kappa shape index (κ2) is 8.32. The number of likely N-dealkylation sites (tertiary alicyclic amines) is 1. The maximum absolute atomic E-state index is 13.8. The van der Waals surface area contributed by atoms with E-state index in [-0.39, 0.29) is 35.0 Å². The van der Waals surface area contributed by atoms with Crippen LogP contribution in [0.2, 0.25) is 0 Å². The van der Waals surface area contributed by atoms with Gasteiger partial charge in [0, 0.05) is 43.9 Å². The Bertz CT molecular complexity index is 1090. The van der Waals surface area contributed by atoms with Crippen molar-refractivity contribution < 1.29 is 22.5 Å². The number of carbonyl (C=O) groups is 1. The Kier molecular flexibility index (Phi) is 5.72. The summed E-state index contributed by atoms with van der Waals surface area (Å²) in [6.07, 6.45) is -0.764. The molecule has 4 heterocycles. The molecule has 0 radical (unpaired) electrons. The predicted molar refractivity (Wildman–Crippen MR) is 106 cm³/mol. The van der Waals surface area contributed by atoms with Gasteiger partial charge in [0.1, 0.15) is 0 Å². The SMILES string of the molecule is CCc1cc(C(F)(F)F)c2c(C3CCCN(C(=O)CCn4ccc(C)n4)C3)noc2n1. The van der Waals surface area contributed by atoms with E-state index in [1.807, 2.05) is 19.2 Å². The summed E-state index contributed by atoms with van der Waals surface area (Å²) < 4.78 is 48.2. The minimum absolute atomic E-state index is 0.0481.